The zero-order valence-corrected chi connectivity index (χ0v) is 29.0. The Morgan fingerprint density at radius 1 is 0.891 bits per heavy atom. The molecule has 2 aliphatic rings. The first kappa shape index (κ1) is 37.3. The molecule has 1 aromatic heterocycles. The van der Waals surface area contributed by atoms with Crippen LogP contribution in [-0.4, -0.2) is 109 Å². The standard InChI is InChI=1S/C34H45N5O5.2ClH/c1-6-43-34-35-32(42-5)28(33(36-34)44-24(2)3)21-37-19-27-20-38(30(40)23-41-4)17-18-39(27)29(22-37)31(25-13-9-7-10-14-25)26-15-11-8-12-16-26;;/h7-16,24,27,29,31H,6,17-23H2,1-5H3;2*1H/t27-,29+;;/m1../s1. The van der Waals surface area contributed by atoms with Gasteiger partial charge >= 0.3 is 6.01 Å². The maximum atomic E-state index is 12.9. The monoisotopic (exact) mass is 675 g/mol. The SMILES string of the molecule is CCOc1nc(OC)c(CN2C[C@@H]3CN(C(=O)COC)CCN3[C@H](C(c3ccccc3)c3ccccc3)C2)c(OC(C)C)n1.Cl.Cl. The minimum atomic E-state index is -0.0910. The number of benzene rings is 2. The molecule has 2 saturated heterocycles. The van der Waals surface area contributed by atoms with Crippen molar-refractivity contribution < 1.29 is 23.7 Å². The van der Waals surface area contributed by atoms with Crippen molar-refractivity contribution in [3.63, 3.8) is 0 Å². The number of halogens is 2. The van der Waals surface area contributed by atoms with Crippen LogP contribution in [0.5, 0.6) is 17.8 Å². The Balaban J connectivity index is 0.00000288. The number of carbonyl (C=O) groups excluding carboxylic acids is 1. The average molecular weight is 677 g/mol. The van der Waals surface area contributed by atoms with Crippen molar-refractivity contribution in [3.05, 3.63) is 77.4 Å². The molecule has 0 aliphatic carbocycles. The molecule has 3 aromatic rings. The van der Waals surface area contributed by atoms with Gasteiger partial charge in [-0.3, -0.25) is 14.6 Å². The Labute approximate surface area is 285 Å². The first-order valence-corrected chi connectivity index (χ1v) is 15.5. The number of rotatable bonds is 12. The molecule has 0 spiro atoms. The van der Waals surface area contributed by atoms with Crippen molar-refractivity contribution in [3.8, 4) is 17.8 Å². The third kappa shape index (κ3) is 8.80. The molecule has 0 saturated carbocycles. The number of piperazine rings is 2. The molecule has 2 fully saturated rings. The minimum Gasteiger partial charge on any atom is -0.481 e. The summed E-state index contributed by atoms with van der Waals surface area (Å²) in [5, 5.41) is 0. The van der Waals surface area contributed by atoms with Crippen molar-refractivity contribution in [1.29, 1.82) is 0 Å². The first-order chi connectivity index (χ1) is 21.4. The van der Waals surface area contributed by atoms with Crippen LogP contribution >= 0.6 is 24.8 Å². The number of nitrogens with zero attached hydrogens (tertiary/aromatic N) is 5. The van der Waals surface area contributed by atoms with E-state index in [0.717, 1.165) is 25.2 Å². The van der Waals surface area contributed by atoms with Gasteiger partial charge in [-0.25, -0.2) is 0 Å². The Morgan fingerprint density at radius 2 is 1.52 bits per heavy atom. The van der Waals surface area contributed by atoms with Crippen molar-refractivity contribution in [1.82, 2.24) is 24.7 Å². The van der Waals surface area contributed by atoms with Gasteiger partial charge in [0.25, 0.3) is 0 Å². The summed E-state index contributed by atoms with van der Waals surface area (Å²) < 4.78 is 22.8. The highest BCUT2D eigenvalue weighted by atomic mass is 35.5. The fourth-order valence-electron chi connectivity index (χ4n) is 6.50. The Hall–Kier alpha value is -3.15. The second-order valence-corrected chi connectivity index (χ2v) is 11.6. The van der Waals surface area contributed by atoms with Gasteiger partial charge in [-0.2, -0.15) is 9.97 Å². The average Bonchev–Trinajstić information content (AvgIpc) is 3.03. The number of carbonyl (C=O) groups is 1. The minimum absolute atomic E-state index is 0. The summed E-state index contributed by atoms with van der Waals surface area (Å²) in [7, 11) is 3.18. The van der Waals surface area contributed by atoms with Crippen molar-refractivity contribution in [2.24, 2.45) is 0 Å². The summed E-state index contributed by atoms with van der Waals surface area (Å²) >= 11 is 0. The molecule has 10 nitrogen and oxygen atoms in total. The van der Waals surface area contributed by atoms with E-state index in [-0.39, 0.29) is 67.4 Å². The highest BCUT2D eigenvalue weighted by Crippen LogP contribution is 2.37. The molecule has 46 heavy (non-hydrogen) atoms. The molecule has 5 rings (SSSR count). The largest absolute Gasteiger partial charge is 0.481 e. The number of methoxy groups -OCH3 is 2. The van der Waals surface area contributed by atoms with Crippen LogP contribution in [0.15, 0.2) is 60.7 Å². The summed E-state index contributed by atoms with van der Waals surface area (Å²) in [5.41, 5.74) is 3.33. The summed E-state index contributed by atoms with van der Waals surface area (Å²) in [5.74, 6) is 1.07. The van der Waals surface area contributed by atoms with Crippen molar-refractivity contribution in [2.45, 2.75) is 51.4 Å². The van der Waals surface area contributed by atoms with Crippen LogP contribution in [-0.2, 0) is 16.1 Å². The lowest BCUT2D eigenvalue weighted by molar-refractivity contribution is -0.140. The Morgan fingerprint density at radius 3 is 2.09 bits per heavy atom. The summed E-state index contributed by atoms with van der Waals surface area (Å²) in [6, 6.07) is 22.0. The number of hydrogen-bond acceptors (Lipinski definition) is 9. The first-order valence-electron chi connectivity index (χ1n) is 15.5. The summed E-state index contributed by atoms with van der Waals surface area (Å²) in [6.07, 6.45) is -0.0910. The van der Waals surface area contributed by atoms with Crippen LogP contribution in [0.25, 0.3) is 0 Å². The number of amides is 1. The van der Waals surface area contributed by atoms with E-state index in [2.05, 4.69) is 80.4 Å². The van der Waals surface area contributed by atoms with Gasteiger partial charge in [0.2, 0.25) is 17.7 Å². The quantitative estimate of drug-likeness (QED) is 0.271. The van der Waals surface area contributed by atoms with Crippen LogP contribution < -0.4 is 14.2 Å². The van der Waals surface area contributed by atoms with E-state index in [1.165, 1.54) is 11.1 Å². The van der Waals surface area contributed by atoms with Gasteiger partial charge in [-0.05, 0) is 31.9 Å². The fraction of sp³-hybridized carbons (Fsp3) is 0.500. The molecule has 0 N–H and O–H groups in total. The Bertz CT molecular complexity index is 1330. The topological polar surface area (TPSA) is 89.5 Å². The zero-order valence-electron chi connectivity index (χ0n) is 27.3. The van der Waals surface area contributed by atoms with Crippen LogP contribution in [0.2, 0.25) is 0 Å². The predicted molar refractivity (Wildman–Crippen MR) is 183 cm³/mol. The van der Waals surface area contributed by atoms with Crippen LogP contribution in [0, 0.1) is 0 Å². The van der Waals surface area contributed by atoms with E-state index in [1.54, 1.807) is 14.2 Å². The molecule has 12 heteroatoms. The molecule has 2 aliphatic heterocycles. The molecule has 1 amide bonds. The normalized spacial score (nSPS) is 18.4. The molecule has 3 heterocycles. The van der Waals surface area contributed by atoms with Gasteiger partial charge in [-0.1, -0.05) is 60.7 Å². The smallest absolute Gasteiger partial charge is 0.323 e. The second kappa shape index (κ2) is 17.7. The van der Waals surface area contributed by atoms with Crippen molar-refractivity contribution in [2.75, 3.05) is 60.2 Å². The molecule has 0 bridgehead atoms. The fourth-order valence-corrected chi connectivity index (χ4v) is 6.50. The van der Waals surface area contributed by atoms with Gasteiger partial charge in [0, 0.05) is 64.4 Å². The molecular weight excluding hydrogens is 629 g/mol. The molecule has 252 valence electrons. The van der Waals surface area contributed by atoms with E-state index in [4.69, 9.17) is 18.9 Å². The number of hydrogen-bond donors (Lipinski definition) is 0. The van der Waals surface area contributed by atoms with Gasteiger partial charge in [0.15, 0.2) is 0 Å². The maximum absolute atomic E-state index is 12.9. The van der Waals surface area contributed by atoms with Crippen LogP contribution in [0.1, 0.15) is 43.4 Å². The van der Waals surface area contributed by atoms with Gasteiger partial charge < -0.3 is 23.8 Å². The summed E-state index contributed by atoms with van der Waals surface area (Å²) in [6.45, 7) is 10.6. The van der Waals surface area contributed by atoms with Crippen LogP contribution in [0.4, 0.5) is 0 Å². The third-order valence-corrected chi connectivity index (χ3v) is 8.30. The van der Waals surface area contributed by atoms with Crippen molar-refractivity contribution >= 4 is 30.7 Å². The lowest BCUT2D eigenvalue weighted by Crippen LogP contribution is -2.67. The highest BCUT2D eigenvalue weighted by molar-refractivity contribution is 5.85. The highest BCUT2D eigenvalue weighted by Gasteiger charge is 2.43. The van der Waals surface area contributed by atoms with E-state index >= 15 is 0 Å². The lowest BCUT2D eigenvalue weighted by Gasteiger charge is -2.53. The molecular formula is C34H47Cl2N5O5. The molecule has 2 aromatic carbocycles. The van der Waals surface area contributed by atoms with E-state index < -0.39 is 0 Å². The van der Waals surface area contributed by atoms with Gasteiger partial charge in [-0.15, -0.1) is 24.8 Å². The Kier molecular flexibility index (Phi) is 14.3. The van der Waals surface area contributed by atoms with Crippen LogP contribution in [0.3, 0.4) is 0 Å². The number of aromatic nitrogens is 2. The molecule has 0 unspecified atom stereocenters. The molecule has 2 atom stereocenters. The van der Waals surface area contributed by atoms with Gasteiger partial charge in [0.05, 0.1) is 25.4 Å². The zero-order chi connectivity index (χ0) is 31.1. The third-order valence-electron chi connectivity index (χ3n) is 8.30. The number of fused-ring (bicyclic) bond motifs is 1. The second-order valence-electron chi connectivity index (χ2n) is 11.6. The maximum Gasteiger partial charge on any atom is 0.323 e. The van der Waals surface area contributed by atoms with E-state index in [9.17, 15) is 4.79 Å². The number of ether oxygens (including phenoxy) is 4. The summed E-state index contributed by atoms with van der Waals surface area (Å²) in [4.78, 5) is 29.1. The lowest BCUT2D eigenvalue weighted by atomic mass is 9.81. The predicted octanol–water partition coefficient (Wildman–Crippen LogP) is 4.69. The molecule has 0 radical (unpaired) electrons. The van der Waals surface area contributed by atoms with E-state index in [1.807, 2.05) is 25.7 Å². The van der Waals surface area contributed by atoms with Gasteiger partial charge in [0.1, 0.15) is 6.61 Å². The van der Waals surface area contributed by atoms with E-state index in [0.29, 0.717) is 38.0 Å².